The number of fused-ring (bicyclic) bond motifs is 1. The summed E-state index contributed by atoms with van der Waals surface area (Å²) in [4.78, 5) is 0. The van der Waals surface area contributed by atoms with Crippen LogP contribution < -0.4 is 3.32 Å². The van der Waals surface area contributed by atoms with Gasteiger partial charge in [0, 0.05) is 0 Å². The molecule has 0 bridgehead atoms. The van der Waals surface area contributed by atoms with E-state index >= 15 is 0 Å². The maximum atomic E-state index is 5.64. The summed E-state index contributed by atoms with van der Waals surface area (Å²) in [6, 6.07) is 6.41. The van der Waals surface area contributed by atoms with Gasteiger partial charge in [0.1, 0.15) is 0 Å². The van der Waals surface area contributed by atoms with Gasteiger partial charge in [-0.3, -0.25) is 0 Å². The molecule has 1 aromatic heterocycles. The summed E-state index contributed by atoms with van der Waals surface area (Å²) in [5.41, 5.74) is 3.65. The van der Waals surface area contributed by atoms with Crippen molar-refractivity contribution in [1.82, 2.24) is 0 Å². The number of benzene rings is 1. The van der Waals surface area contributed by atoms with Crippen molar-refractivity contribution < 1.29 is 4.42 Å². The van der Waals surface area contributed by atoms with Gasteiger partial charge in [-0.05, 0) is 0 Å². The summed E-state index contributed by atoms with van der Waals surface area (Å²) in [5, 5.41) is 1.24. The molecule has 1 nitrogen and oxygen atoms in total. The zero-order valence-corrected chi connectivity index (χ0v) is 11.0. The Kier molecular flexibility index (Phi) is 1.98. The first-order valence-electron chi connectivity index (χ1n) is 3.90. The Bertz CT molecular complexity index is 429. The first-order chi connectivity index (χ1) is 5.68. The quantitative estimate of drug-likeness (QED) is 0.660. The van der Waals surface area contributed by atoms with Crippen LogP contribution in [0.2, 0.25) is 0 Å². The van der Waals surface area contributed by atoms with E-state index in [4.69, 9.17) is 4.42 Å². The standard InChI is InChI=1S/C10H9O.Pb/c1-7-3-4-9-5-6-11-10(9)8(7)2;/h3-5H,1-2H3;. The third kappa shape index (κ3) is 1.20. The third-order valence-corrected chi connectivity index (χ3v) is 3.16. The molecule has 0 N–H and O–H groups in total. The molecular weight excluding hydrogens is 343 g/mol. The molecule has 0 amide bonds. The Morgan fingerprint density at radius 3 is 2.75 bits per heavy atom. The monoisotopic (exact) mass is 353 g/mol. The molecule has 2 rings (SSSR count). The second-order valence-electron chi connectivity index (χ2n) is 3.04. The molecular formula is C10H9OPb. The topological polar surface area (TPSA) is 13.1 Å². The van der Waals surface area contributed by atoms with E-state index in [1.807, 2.05) is 0 Å². The van der Waals surface area contributed by atoms with E-state index < -0.39 is 0 Å². The fourth-order valence-corrected chi connectivity index (χ4v) is 2.34. The van der Waals surface area contributed by atoms with Gasteiger partial charge in [0.15, 0.2) is 0 Å². The van der Waals surface area contributed by atoms with Gasteiger partial charge in [0.2, 0.25) is 0 Å². The van der Waals surface area contributed by atoms with Crippen LogP contribution in [0.25, 0.3) is 11.0 Å². The van der Waals surface area contributed by atoms with Crippen LogP contribution in [0.4, 0.5) is 0 Å². The molecule has 12 heavy (non-hydrogen) atoms. The molecule has 0 aliphatic carbocycles. The van der Waals surface area contributed by atoms with Gasteiger partial charge in [-0.25, -0.2) is 0 Å². The predicted molar refractivity (Wildman–Crippen MR) is 51.1 cm³/mol. The summed E-state index contributed by atoms with van der Waals surface area (Å²) in [5.74, 6) is 0. The number of furan rings is 1. The summed E-state index contributed by atoms with van der Waals surface area (Å²) >= 11 is 0.992. The van der Waals surface area contributed by atoms with Crippen LogP contribution in [0.3, 0.4) is 0 Å². The predicted octanol–water partition coefficient (Wildman–Crippen LogP) is 1.84. The first kappa shape index (κ1) is 8.29. The van der Waals surface area contributed by atoms with E-state index in [-0.39, 0.29) is 0 Å². The molecule has 0 aliphatic heterocycles. The van der Waals surface area contributed by atoms with Gasteiger partial charge in [0.25, 0.3) is 0 Å². The van der Waals surface area contributed by atoms with Crippen molar-refractivity contribution in [2.75, 3.05) is 0 Å². The van der Waals surface area contributed by atoms with Crippen LogP contribution >= 0.6 is 0 Å². The van der Waals surface area contributed by atoms with E-state index in [1.54, 1.807) is 0 Å². The number of rotatable bonds is 0. The Morgan fingerprint density at radius 2 is 2.00 bits per heavy atom. The fourth-order valence-electron chi connectivity index (χ4n) is 1.34. The van der Waals surface area contributed by atoms with E-state index in [9.17, 15) is 0 Å². The fraction of sp³-hybridized carbons (Fsp3) is 0.200. The summed E-state index contributed by atoms with van der Waals surface area (Å²) in [6.07, 6.45) is 0. The summed E-state index contributed by atoms with van der Waals surface area (Å²) in [7, 11) is 0. The number of aryl methyl sites for hydroxylation is 2. The molecule has 0 unspecified atom stereocenters. The second-order valence-corrected chi connectivity index (χ2v) is 4.95. The normalized spacial score (nSPS) is 10.9. The summed E-state index contributed by atoms with van der Waals surface area (Å²) in [6.45, 7) is 4.23. The average molecular weight is 352 g/mol. The Labute approximate surface area is 87.4 Å². The van der Waals surface area contributed by atoms with Gasteiger partial charge in [0.05, 0.1) is 0 Å². The molecule has 1 heterocycles. The van der Waals surface area contributed by atoms with Crippen molar-refractivity contribution in [2.45, 2.75) is 13.8 Å². The van der Waals surface area contributed by atoms with Crippen LogP contribution in [0, 0.1) is 13.8 Å². The van der Waals surface area contributed by atoms with Crippen LogP contribution in [0.5, 0.6) is 0 Å². The Balaban J connectivity index is 2.89. The molecule has 0 saturated heterocycles. The third-order valence-electron chi connectivity index (χ3n) is 2.21. The average Bonchev–Trinajstić information content (AvgIpc) is 2.39. The SMILES string of the molecule is Cc1ccc2c[c]([Pb])oc2c1C. The zero-order chi connectivity index (χ0) is 8.72. The zero-order valence-electron chi connectivity index (χ0n) is 7.14. The van der Waals surface area contributed by atoms with Crippen molar-refractivity contribution in [3.8, 4) is 0 Å². The van der Waals surface area contributed by atoms with Crippen LogP contribution in [0.1, 0.15) is 11.1 Å². The molecule has 3 radical (unpaired) electrons. The Morgan fingerprint density at radius 1 is 1.25 bits per heavy atom. The van der Waals surface area contributed by atoms with Crippen LogP contribution in [-0.4, -0.2) is 25.8 Å². The van der Waals surface area contributed by atoms with Crippen molar-refractivity contribution in [1.29, 1.82) is 0 Å². The molecule has 1 aromatic carbocycles. The van der Waals surface area contributed by atoms with Gasteiger partial charge in [-0.2, -0.15) is 0 Å². The molecule has 0 atom stereocenters. The van der Waals surface area contributed by atoms with Gasteiger partial charge in [-0.1, -0.05) is 0 Å². The second kappa shape index (κ2) is 2.87. The number of hydrogen-bond donors (Lipinski definition) is 0. The Hall–Kier alpha value is -0.318. The van der Waals surface area contributed by atoms with E-state index in [2.05, 4.69) is 32.0 Å². The molecule has 0 saturated carbocycles. The van der Waals surface area contributed by atoms with Crippen molar-refractivity contribution in [3.05, 3.63) is 29.3 Å². The van der Waals surface area contributed by atoms with Gasteiger partial charge >= 0.3 is 87.6 Å². The number of hydrogen-bond acceptors (Lipinski definition) is 1. The van der Waals surface area contributed by atoms with Crippen LogP contribution in [-0.2, 0) is 0 Å². The van der Waals surface area contributed by atoms with Crippen molar-refractivity contribution in [3.63, 3.8) is 0 Å². The first-order valence-corrected chi connectivity index (χ1v) is 5.84. The van der Waals surface area contributed by atoms with Crippen molar-refractivity contribution >= 4 is 40.1 Å². The van der Waals surface area contributed by atoms with E-state index in [1.165, 1.54) is 16.5 Å². The molecule has 2 heteroatoms. The minimum absolute atomic E-state index is 0.992. The minimum atomic E-state index is 0.992. The maximum absolute atomic E-state index is 5.64. The van der Waals surface area contributed by atoms with Crippen LogP contribution in [0.15, 0.2) is 22.6 Å². The molecule has 0 aliphatic rings. The molecule has 2 aromatic rings. The van der Waals surface area contributed by atoms with Gasteiger partial charge in [-0.15, -0.1) is 0 Å². The molecule has 0 spiro atoms. The molecule has 0 fully saturated rings. The van der Waals surface area contributed by atoms with Gasteiger partial charge < -0.3 is 0 Å². The van der Waals surface area contributed by atoms with Crippen molar-refractivity contribution in [2.24, 2.45) is 0 Å². The molecule has 59 valence electrons. The van der Waals surface area contributed by atoms with E-state index in [0.717, 1.165) is 34.7 Å². The van der Waals surface area contributed by atoms with E-state index in [0.29, 0.717) is 0 Å². The summed E-state index contributed by atoms with van der Waals surface area (Å²) < 4.78 is 6.77.